The molecular weight excluding hydrogens is 257 g/mol. The number of nitrogens with zero attached hydrogens (tertiary/aromatic N) is 1. The first-order valence-electron chi connectivity index (χ1n) is 7.20. The zero-order valence-electron chi connectivity index (χ0n) is 12.4. The van der Waals surface area contributed by atoms with Crippen molar-refractivity contribution in [3.8, 4) is 5.75 Å². The summed E-state index contributed by atoms with van der Waals surface area (Å²) in [6, 6.07) is 5.07. The summed E-state index contributed by atoms with van der Waals surface area (Å²) in [5.41, 5.74) is 0.969. The van der Waals surface area contributed by atoms with Gasteiger partial charge in [-0.15, -0.1) is 0 Å². The number of aliphatic hydroxyl groups excluding tert-OH is 1. The number of hydrogen-bond acceptors (Lipinski definition) is 3. The van der Waals surface area contributed by atoms with Gasteiger partial charge in [0, 0.05) is 25.1 Å². The van der Waals surface area contributed by atoms with Gasteiger partial charge in [-0.3, -0.25) is 0 Å². The third kappa shape index (κ3) is 3.49. The lowest BCUT2D eigenvalue weighted by Crippen LogP contribution is -2.36. The van der Waals surface area contributed by atoms with E-state index < -0.39 is 0 Å². The van der Waals surface area contributed by atoms with E-state index in [4.69, 9.17) is 4.74 Å². The van der Waals surface area contributed by atoms with Gasteiger partial charge in [0.2, 0.25) is 0 Å². The summed E-state index contributed by atoms with van der Waals surface area (Å²) >= 11 is 0. The number of ether oxygens (including phenoxy) is 1. The Morgan fingerprint density at radius 3 is 2.60 bits per heavy atom. The van der Waals surface area contributed by atoms with Gasteiger partial charge in [-0.05, 0) is 37.6 Å². The molecular formula is C16H24FNO2. The molecule has 0 saturated heterocycles. The van der Waals surface area contributed by atoms with Gasteiger partial charge in [-0.2, -0.15) is 0 Å². The van der Waals surface area contributed by atoms with Gasteiger partial charge in [-0.25, -0.2) is 4.39 Å². The van der Waals surface area contributed by atoms with Crippen LogP contribution in [0, 0.1) is 11.2 Å². The minimum Gasteiger partial charge on any atom is -0.494 e. The van der Waals surface area contributed by atoms with Crippen molar-refractivity contribution in [3.05, 3.63) is 29.6 Å². The highest BCUT2D eigenvalue weighted by Gasteiger charge is 2.34. The van der Waals surface area contributed by atoms with Crippen LogP contribution in [0.3, 0.4) is 0 Å². The molecule has 0 bridgehead atoms. The molecule has 1 saturated carbocycles. The molecule has 0 aliphatic heterocycles. The number of hydrogen-bond donors (Lipinski definition) is 1. The molecule has 1 fully saturated rings. The van der Waals surface area contributed by atoms with Crippen LogP contribution in [-0.4, -0.2) is 37.3 Å². The van der Waals surface area contributed by atoms with E-state index in [9.17, 15) is 9.50 Å². The Morgan fingerprint density at radius 2 is 2.05 bits per heavy atom. The van der Waals surface area contributed by atoms with Crippen LogP contribution in [0.1, 0.15) is 31.2 Å². The Kier molecular flexibility index (Phi) is 5.00. The first-order valence-corrected chi connectivity index (χ1v) is 7.20. The van der Waals surface area contributed by atoms with Gasteiger partial charge in [0.25, 0.3) is 0 Å². The zero-order chi connectivity index (χ0) is 14.6. The van der Waals surface area contributed by atoms with Crippen LogP contribution in [0.25, 0.3) is 0 Å². The summed E-state index contributed by atoms with van der Waals surface area (Å²) in [4.78, 5) is 2.17. The van der Waals surface area contributed by atoms with Gasteiger partial charge in [0.05, 0.1) is 7.11 Å². The van der Waals surface area contributed by atoms with Gasteiger partial charge >= 0.3 is 0 Å². The van der Waals surface area contributed by atoms with Crippen molar-refractivity contribution >= 4 is 0 Å². The van der Waals surface area contributed by atoms with Crippen LogP contribution in [-0.2, 0) is 6.54 Å². The topological polar surface area (TPSA) is 32.7 Å². The van der Waals surface area contributed by atoms with Crippen molar-refractivity contribution in [2.45, 2.75) is 32.2 Å². The van der Waals surface area contributed by atoms with E-state index in [-0.39, 0.29) is 23.6 Å². The Balaban J connectivity index is 1.97. The molecule has 1 N–H and O–H groups in total. The second kappa shape index (κ2) is 6.55. The van der Waals surface area contributed by atoms with E-state index in [1.165, 1.54) is 26.0 Å². The molecule has 0 aromatic heterocycles. The molecule has 0 atom stereocenters. The summed E-state index contributed by atoms with van der Waals surface area (Å²) in [5, 5.41) is 9.64. The van der Waals surface area contributed by atoms with Crippen LogP contribution in [0.2, 0.25) is 0 Å². The summed E-state index contributed by atoms with van der Waals surface area (Å²) in [5.74, 6) is -0.0461. The van der Waals surface area contributed by atoms with Crippen LogP contribution < -0.4 is 4.74 Å². The quantitative estimate of drug-likeness (QED) is 0.870. The monoisotopic (exact) mass is 281 g/mol. The molecule has 0 radical (unpaired) electrons. The molecule has 1 aromatic carbocycles. The van der Waals surface area contributed by atoms with Gasteiger partial charge in [0.1, 0.15) is 0 Å². The summed E-state index contributed by atoms with van der Waals surface area (Å²) in [6.45, 7) is 1.79. The highest BCUT2D eigenvalue weighted by molar-refractivity contribution is 5.29. The molecule has 1 aliphatic carbocycles. The van der Waals surface area contributed by atoms with Crippen LogP contribution in [0.4, 0.5) is 4.39 Å². The van der Waals surface area contributed by atoms with Crippen LogP contribution in [0.15, 0.2) is 18.2 Å². The molecule has 0 unspecified atom stereocenters. The van der Waals surface area contributed by atoms with E-state index in [0.29, 0.717) is 6.54 Å². The highest BCUT2D eigenvalue weighted by atomic mass is 19.1. The predicted molar refractivity (Wildman–Crippen MR) is 77.3 cm³/mol. The average molecular weight is 281 g/mol. The first-order chi connectivity index (χ1) is 9.58. The minimum atomic E-state index is -0.323. The lowest BCUT2D eigenvalue weighted by molar-refractivity contribution is 0.0863. The molecule has 3 nitrogen and oxygen atoms in total. The van der Waals surface area contributed by atoms with Gasteiger partial charge < -0.3 is 14.7 Å². The highest BCUT2D eigenvalue weighted by Crippen LogP contribution is 2.38. The molecule has 0 heterocycles. The Hall–Kier alpha value is -1.13. The molecule has 20 heavy (non-hydrogen) atoms. The molecule has 112 valence electrons. The average Bonchev–Trinajstić information content (AvgIpc) is 2.88. The smallest absolute Gasteiger partial charge is 0.165 e. The lowest BCUT2D eigenvalue weighted by atomic mass is 9.86. The Bertz CT molecular complexity index is 444. The van der Waals surface area contributed by atoms with E-state index >= 15 is 0 Å². The van der Waals surface area contributed by atoms with Crippen molar-refractivity contribution in [2.24, 2.45) is 5.41 Å². The van der Waals surface area contributed by atoms with Crippen molar-refractivity contribution < 1.29 is 14.2 Å². The van der Waals surface area contributed by atoms with Crippen molar-refractivity contribution in [3.63, 3.8) is 0 Å². The predicted octanol–water partition coefficient (Wildman–Crippen LogP) is 2.82. The number of aliphatic hydroxyl groups is 1. The summed E-state index contributed by atoms with van der Waals surface area (Å²) in [7, 11) is 3.49. The molecule has 2 rings (SSSR count). The third-order valence-corrected chi connectivity index (χ3v) is 4.27. The van der Waals surface area contributed by atoms with E-state index in [1.54, 1.807) is 6.07 Å². The fourth-order valence-corrected chi connectivity index (χ4v) is 3.24. The van der Waals surface area contributed by atoms with Crippen molar-refractivity contribution in [2.75, 3.05) is 27.3 Å². The first kappa shape index (κ1) is 15.3. The SMILES string of the molecule is COc1ccc(CN(C)CC2(CO)CCCC2)cc1F. The zero-order valence-corrected chi connectivity index (χ0v) is 12.4. The second-order valence-electron chi connectivity index (χ2n) is 6.01. The van der Waals surface area contributed by atoms with Crippen molar-refractivity contribution in [1.29, 1.82) is 0 Å². The van der Waals surface area contributed by atoms with E-state index in [0.717, 1.165) is 24.9 Å². The number of methoxy groups -OCH3 is 1. The van der Waals surface area contributed by atoms with Crippen LogP contribution >= 0.6 is 0 Å². The molecule has 4 heteroatoms. The van der Waals surface area contributed by atoms with Crippen molar-refractivity contribution in [1.82, 2.24) is 4.90 Å². The normalized spacial score (nSPS) is 17.6. The van der Waals surface area contributed by atoms with Gasteiger partial charge in [-0.1, -0.05) is 18.9 Å². The van der Waals surface area contributed by atoms with E-state index in [1.807, 2.05) is 13.1 Å². The minimum absolute atomic E-state index is 0.0414. The van der Waals surface area contributed by atoms with Gasteiger partial charge in [0.15, 0.2) is 11.6 Å². The fraction of sp³-hybridized carbons (Fsp3) is 0.625. The van der Waals surface area contributed by atoms with E-state index in [2.05, 4.69) is 4.90 Å². The second-order valence-corrected chi connectivity index (χ2v) is 6.01. The van der Waals surface area contributed by atoms with Crippen LogP contribution in [0.5, 0.6) is 5.75 Å². The summed E-state index contributed by atoms with van der Waals surface area (Å²) < 4.78 is 18.6. The standard InChI is InChI=1S/C16H24FNO2/c1-18(11-16(12-19)7-3-4-8-16)10-13-5-6-15(20-2)14(17)9-13/h5-6,9,19H,3-4,7-8,10-12H2,1-2H3. The number of rotatable bonds is 6. The maximum atomic E-state index is 13.7. The maximum Gasteiger partial charge on any atom is 0.165 e. The lowest BCUT2D eigenvalue weighted by Gasteiger charge is -2.31. The number of benzene rings is 1. The largest absolute Gasteiger partial charge is 0.494 e. The molecule has 1 aliphatic rings. The summed E-state index contributed by atoms with van der Waals surface area (Å²) in [6.07, 6.45) is 4.58. The Labute approximate surface area is 120 Å². The molecule has 1 aromatic rings. The molecule has 0 amide bonds. The number of halogens is 1. The molecule has 0 spiro atoms. The fourth-order valence-electron chi connectivity index (χ4n) is 3.24. The maximum absolute atomic E-state index is 13.7. The third-order valence-electron chi connectivity index (χ3n) is 4.27. The Morgan fingerprint density at radius 1 is 1.35 bits per heavy atom.